The molecule has 1 unspecified atom stereocenters. The Kier molecular flexibility index (Phi) is 16.9. The van der Waals surface area contributed by atoms with E-state index in [2.05, 4.69) is 13.8 Å². The normalized spacial score (nSPS) is 32.5. The summed E-state index contributed by atoms with van der Waals surface area (Å²) in [6, 6.07) is 1.62. The molecule has 1 heterocycles. The molecule has 51 heavy (non-hydrogen) atoms. The highest BCUT2D eigenvalue weighted by Crippen LogP contribution is 2.45. The Morgan fingerprint density at radius 2 is 1.06 bits per heavy atom. The van der Waals surface area contributed by atoms with E-state index in [9.17, 15) is 13.6 Å². The van der Waals surface area contributed by atoms with Crippen molar-refractivity contribution < 1.29 is 23.0 Å². The number of fused-ring (bicyclic) bond motifs is 1. The van der Waals surface area contributed by atoms with Crippen LogP contribution in [0, 0.1) is 59.0 Å². The van der Waals surface area contributed by atoms with Crippen molar-refractivity contribution in [1.29, 1.82) is 0 Å². The summed E-state index contributed by atoms with van der Waals surface area (Å²) in [5.41, 5.74) is 0.734. The first kappa shape index (κ1) is 40.5. The van der Waals surface area contributed by atoms with E-state index >= 15 is 0 Å². The van der Waals surface area contributed by atoms with Crippen molar-refractivity contribution >= 4 is 6.29 Å². The van der Waals surface area contributed by atoms with E-state index in [4.69, 9.17) is 9.47 Å². The Morgan fingerprint density at radius 1 is 0.608 bits per heavy atom. The SMILES string of the molecule is CCCC1CCC(C2CCC(CCC3CCc4cc(OCC)c(F)c(F)c4O3)CC2)CC1.CCCC1CCC(C2CCC(CCC=O)CC2)CC1. The van der Waals surface area contributed by atoms with Crippen LogP contribution in [0.25, 0.3) is 0 Å². The number of ether oxygens (including phenoxy) is 2. The van der Waals surface area contributed by atoms with Gasteiger partial charge in [0.2, 0.25) is 11.6 Å². The summed E-state index contributed by atoms with van der Waals surface area (Å²) in [5.74, 6) is 5.97. The summed E-state index contributed by atoms with van der Waals surface area (Å²) in [6.45, 7) is 6.74. The molecule has 1 atom stereocenters. The topological polar surface area (TPSA) is 35.5 Å². The zero-order chi connectivity index (χ0) is 36.0. The number of hydrogen-bond donors (Lipinski definition) is 0. The minimum Gasteiger partial charge on any atom is -0.491 e. The van der Waals surface area contributed by atoms with E-state index in [1.807, 2.05) is 0 Å². The maximum Gasteiger partial charge on any atom is 0.204 e. The number of halogens is 2. The molecular formula is C46H74F2O3. The van der Waals surface area contributed by atoms with Gasteiger partial charge in [-0.2, -0.15) is 8.78 Å². The second-order valence-electron chi connectivity index (χ2n) is 17.7. The molecule has 290 valence electrons. The molecule has 1 aromatic carbocycles. The van der Waals surface area contributed by atoms with Gasteiger partial charge in [0.05, 0.1) is 12.7 Å². The summed E-state index contributed by atoms with van der Waals surface area (Å²) in [7, 11) is 0. The second-order valence-corrected chi connectivity index (χ2v) is 17.7. The summed E-state index contributed by atoms with van der Waals surface area (Å²) in [4.78, 5) is 10.4. The maximum absolute atomic E-state index is 14.5. The van der Waals surface area contributed by atoms with Crippen LogP contribution >= 0.6 is 0 Å². The number of aldehydes is 1. The largest absolute Gasteiger partial charge is 0.491 e. The van der Waals surface area contributed by atoms with Gasteiger partial charge in [-0.25, -0.2) is 0 Å². The van der Waals surface area contributed by atoms with E-state index in [1.54, 1.807) is 13.0 Å². The molecule has 4 saturated carbocycles. The molecule has 0 bridgehead atoms. The number of benzene rings is 1. The Balaban J connectivity index is 0.000000226. The Morgan fingerprint density at radius 3 is 1.49 bits per heavy atom. The van der Waals surface area contributed by atoms with Gasteiger partial charge in [-0.3, -0.25) is 0 Å². The van der Waals surface area contributed by atoms with Crippen molar-refractivity contribution in [2.75, 3.05) is 6.61 Å². The zero-order valence-corrected chi connectivity index (χ0v) is 32.9. The summed E-state index contributed by atoms with van der Waals surface area (Å²) < 4.78 is 40.0. The lowest BCUT2D eigenvalue weighted by atomic mass is 9.68. The fraction of sp³-hybridized carbons (Fsp3) is 0.848. The molecule has 6 rings (SSSR count). The van der Waals surface area contributed by atoms with Crippen molar-refractivity contribution in [1.82, 2.24) is 0 Å². The number of hydrogen-bond acceptors (Lipinski definition) is 3. The minimum atomic E-state index is -0.923. The molecule has 4 fully saturated rings. The van der Waals surface area contributed by atoms with Crippen LogP contribution < -0.4 is 9.47 Å². The van der Waals surface area contributed by atoms with Gasteiger partial charge in [0.1, 0.15) is 6.29 Å². The fourth-order valence-electron chi connectivity index (χ4n) is 11.3. The standard InChI is InChI=1S/C28H42F2O2.C18H32O/c1-3-5-19-6-11-21(12-7-19)22-13-8-20(9-14-22)10-16-24-17-15-23-18-25(31-4-2)26(29)27(30)28(23)32-24;1-2-4-15-6-10-17(11-7-15)18-12-8-16(9-13-18)5-3-14-19/h18-22,24H,3-17H2,1-2H3;14-18H,2-13H2,1H3. The predicted molar refractivity (Wildman–Crippen MR) is 206 cm³/mol. The Bertz CT molecular complexity index is 1140. The van der Waals surface area contributed by atoms with Crippen LogP contribution in [-0.2, 0) is 11.2 Å². The van der Waals surface area contributed by atoms with Crippen LogP contribution in [-0.4, -0.2) is 19.0 Å². The van der Waals surface area contributed by atoms with Gasteiger partial charge >= 0.3 is 0 Å². The average molecular weight is 713 g/mol. The number of carbonyl (C=O) groups is 1. The maximum atomic E-state index is 14.5. The van der Waals surface area contributed by atoms with Gasteiger partial charge in [0.25, 0.3) is 0 Å². The molecule has 0 aromatic heterocycles. The fourth-order valence-corrected chi connectivity index (χ4v) is 11.3. The highest BCUT2D eigenvalue weighted by molar-refractivity contribution is 5.49. The van der Waals surface area contributed by atoms with Crippen molar-refractivity contribution in [2.45, 2.75) is 194 Å². The summed E-state index contributed by atoms with van der Waals surface area (Å²) >= 11 is 0. The highest BCUT2D eigenvalue weighted by atomic mass is 19.2. The van der Waals surface area contributed by atoms with Crippen LogP contribution in [0.3, 0.4) is 0 Å². The third kappa shape index (κ3) is 11.9. The molecule has 5 heteroatoms. The lowest BCUT2D eigenvalue weighted by Gasteiger charge is -2.38. The first-order valence-corrected chi connectivity index (χ1v) is 22.2. The first-order chi connectivity index (χ1) is 24.9. The quantitative estimate of drug-likeness (QED) is 0.180. The molecule has 3 nitrogen and oxygen atoms in total. The molecule has 0 N–H and O–H groups in total. The van der Waals surface area contributed by atoms with Gasteiger partial charge in [-0.05, 0) is 144 Å². The second kappa shape index (κ2) is 21.3. The lowest BCUT2D eigenvalue weighted by Crippen LogP contribution is -2.27. The first-order valence-electron chi connectivity index (χ1n) is 22.2. The summed E-state index contributed by atoms with van der Waals surface area (Å²) in [6.07, 6.45) is 35.4. The van der Waals surface area contributed by atoms with Crippen LogP contribution in [0.15, 0.2) is 6.07 Å². The monoisotopic (exact) mass is 713 g/mol. The number of aryl methyl sites for hydroxylation is 1. The molecule has 1 aromatic rings. The third-order valence-electron chi connectivity index (χ3n) is 14.4. The smallest absolute Gasteiger partial charge is 0.204 e. The van der Waals surface area contributed by atoms with E-state index in [0.717, 1.165) is 97.7 Å². The zero-order valence-electron chi connectivity index (χ0n) is 32.9. The van der Waals surface area contributed by atoms with Gasteiger partial charge in [0.15, 0.2) is 11.5 Å². The van der Waals surface area contributed by atoms with Crippen molar-refractivity contribution in [3.05, 3.63) is 23.3 Å². The highest BCUT2D eigenvalue weighted by Gasteiger charge is 2.33. The van der Waals surface area contributed by atoms with E-state index in [-0.39, 0.29) is 17.6 Å². The van der Waals surface area contributed by atoms with Gasteiger partial charge in [0, 0.05) is 12.0 Å². The molecule has 0 spiro atoms. The van der Waals surface area contributed by atoms with Crippen molar-refractivity contribution in [3.63, 3.8) is 0 Å². The van der Waals surface area contributed by atoms with Crippen molar-refractivity contribution in [2.24, 2.45) is 47.3 Å². The van der Waals surface area contributed by atoms with Crippen LogP contribution in [0.5, 0.6) is 11.5 Å². The van der Waals surface area contributed by atoms with Gasteiger partial charge in [-0.1, -0.05) is 90.9 Å². The molecular weight excluding hydrogens is 638 g/mol. The Hall–Kier alpha value is -1.65. The molecule has 0 radical (unpaired) electrons. The van der Waals surface area contributed by atoms with Crippen LogP contribution in [0.2, 0.25) is 0 Å². The molecule has 4 aliphatic carbocycles. The lowest BCUT2D eigenvalue weighted by molar-refractivity contribution is -0.108. The van der Waals surface area contributed by atoms with Gasteiger partial charge in [-0.15, -0.1) is 0 Å². The predicted octanol–water partition coefficient (Wildman–Crippen LogP) is 13.6. The molecule has 1 aliphatic heterocycles. The van der Waals surface area contributed by atoms with Crippen molar-refractivity contribution in [3.8, 4) is 11.5 Å². The molecule has 0 amide bonds. The minimum absolute atomic E-state index is 0.000843. The number of rotatable bonds is 14. The number of carbonyl (C=O) groups excluding carboxylic acids is 1. The van der Waals surface area contributed by atoms with Gasteiger partial charge < -0.3 is 14.3 Å². The van der Waals surface area contributed by atoms with Crippen LogP contribution in [0.4, 0.5) is 8.78 Å². The van der Waals surface area contributed by atoms with E-state index in [0.29, 0.717) is 6.61 Å². The molecule has 0 saturated heterocycles. The average Bonchev–Trinajstić information content (AvgIpc) is 3.17. The van der Waals surface area contributed by atoms with Crippen LogP contribution in [0.1, 0.15) is 187 Å². The summed E-state index contributed by atoms with van der Waals surface area (Å²) in [5, 5.41) is 0. The van der Waals surface area contributed by atoms with E-state index in [1.165, 1.54) is 128 Å². The molecule has 5 aliphatic rings. The Labute approximate surface area is 311 Å². The third-order valence-corrected chi connectivity index (χ3v) is 14.4. The van der Waals surface area contributed by atoms with E-state index < -0.39 is 11.6 Å².